The summed E-state index contributed by atoms with van der Waals surface area (Å²) in [6.45, 7) is 4.01. The van der Waals surface area contributed by atoms with E-state index in [-0.39, 0.29) is 5.82 Å². The van der Waals surface area contributed by atoms with Crippen molar-refractivity contribution in [2.24, 2.45) is 0 Å². The van der Waals surface area contributed by atoms with Crippen molar-refractivity contribution in [1.82, 2.24) is 0 Å². The molecule has 0 fully saturated rings. The van der Waals surface area contributed by atoms with Crippen LogP contribution in [0, 0.1) is 5.82 Å². The van der Waals surface area contributed by atoms with Crippen LogP contribution >= 0.6 is 15.9 Å². The molecule has 0 aliphatic carbocycles. The highest BCUT2D eigenvalue weighted by molar-refractivity contribution is 9.10. The fourth-order valence-electron chi connectivity index (χ4n) is 1.16. The van der Waals surface area contributed by atoms with Gasteiger partial charge in [-0.25, -0.2) is 4.39 Å². The van der Waals surface area contributed by atoms with Gasteiger partial charge in [0.2, 0.25) is 0 Å². The molecule has 0 spiro atoms. The Kier molecular flexibility index (Phi) is 5.65. The number of halogens is 2. The molecule has 0 amide bonds. The first kappa shape index (κ1) is 12.5. The number of hydrogen-bond acceptors (Lipinski definition) is 2. The largest absolute Gasteiger partial charge is 0.380 e. The highest BCUT2D eigenvalue weighted by atomic mass is 79.9. The van der Waals surface area contributed by atoms with Crippen LogP contribution in [0.1, 0.15) is 13.3 Å². The average molecular weight is 276 g/mol. The summed E-state index contributed by atoms with van der Waals surface area (Å²) in [7, 11) is 0. The van der Waals surface area contributed by atoms with Gasteiger partial charge in [0.15, 0.2) is 0 Å². The maximum Gasteiger partial charge on any atom is 0.147 e. The van der Waals surface area contributed by atoms with E-state index >= 15 is 0 Å². The van der Waals surface area contributed by atoms with Gasteiger partial charge in [0, 0.05) is 17.6 Å². The Hall–Kier alpha value is -0.610. The van der Waals surface area contributed by atoms with Crippen LogP contribution in [0.4, 0.5) is 10.1 Å². The second-order valence-electron chi connectivity index (χ2n) is 3.14. The predicted octanol–water partition coefficient (Wildman–Crippen LogP) is 3.43. The van der Waals surface area contributed by atoms with Crippen LogP contribution in [-0.2, 0) is 4.74 Å². The summed E-state index contributed by atoms with van der Waals surface area (Å²) in [5.41, 5.74) is 0.498. The van der Waals surface area contributed by atoms with Crippen LogP contribution in [-0.4, -0.2) is 19.8 Å². The van der Waals surface area contributed by atoms with Crippen molar-refractivity contribution in [3.8, 4) is 0 Å². The molecule has 0 unspecified atom stereocenters. The van der Waals surface area contributed by atoms with Crippen LogP contribution < -0.4 is 5.32 Å². The van der Waals surface area contributed by atoms with E-state index in [1.807, 2.05) is 0 Å². The normalized spacial score (nSPS) is 10.3. The number of anilines is 1. The third-order valence-corrected chi connectivity index (χ3v) is 2.52. The van der Waals surface area contributed by atoms with Crippen LogP contribution in [0.25, 0.3) is 0 Å². The van der Waals surface area contributed by atoms with Crippen LogP contribution in [0.15, 0.2) is 22.7 Å². The summed E-state index contributed by atoms with van der Waals surface area (Å²) in [4.78, 5) is 0. The summed E-state index contributed by atoms with van der Waals surface area (Å²) >= 11 is 3.29. The molecule has 84 valence electrons. The Balaban J connectivity index is 2.37. The third-order valence-electron chi connectivity index (χ3n) is 1.86. The molecule has 2 nitrogen and oxygen atoms in total. The summed E-state index contributed by atoms with van der Waals surface area (Å²) in [5, 5.41) is 2.99. The number of hydrogen-bond donors (Lipinski definition) is 1. The molecule has 0 aliphatic rings. The first-order chi connectivity index (χ1) is 7.25. The van der Waals surface area contributed by atoms with E-state index < -0.39 is 0 Å². The van der Waals surface area contributed by atoms with E-state index in [2.05, 4.69) is 28.2 Å². The number of benzene rings is 1. The van der Waals surface area contributed by atoms with Crippen molar-refractivity contribution in [2.45, 2.75) is 13.3 Å². The molecular formula is C11H15BrFNO. The van der Waals surface area contributed by atoms with E-state index in [0.29, 0.717) is 18.8 Å². The number of ether oxygens (including phenoxy) is 1. The molecule has 1 N–H and O–H groups in total. The Morgan fingerprint density at radius 2 is 2.20 bits per heavy atom. The smallest absolute Gasteiger partial charge is 0.147 e. The van der Waals surface area contributed by atoms with E-state index in [0.717, 1.165) is 17.5 Å². The lowest BCUT2D eigenvalue weighted by atomic mass is 10.3. The number of rotatable bonds is 6. The van der Waals surface area contributed by atoms with Crippen molar-refractivity contribution in [2.75, 3.05) is 25.1 Å². The molecule has 4 heteroatoms. The van der Waals surface area contributed by atoms with E-state index in [9.17, 15) is 4.39 Å². The maximum absolute atomic E-state index is 13.3. The topological polar surface area (TPSA) is 21.3 Å². The molecule has 0 atom stereocenters. The van der Waals surface area contributed by atoms with Crippen molar-refractivity contribution < 1.29 is 9.13 Å². The van der Waals surface area contributed by atoms with E-state index in [1.54, 1.807) is 12.1 Å². The minimum absolute atomic E-state index is 0.250. The lowest BCUT2D eigenvalue weighted by molar-refractivity contribution is 0.144. The van der Waals surface area contributed by atoms with Gasteiger partial charge >= 0.3 is 0 Å². The van der Waals surface area contributed by atoms with Gasteiger partial charge in [-0.2, -0.15) is 0 Å². The highest BCUT2D eigenvalue weighted by Crippen LogP contribution is 2.24. The Morgan fingerprint density at radius 1 is 1.40 bits per heavy atom. The molecule has 15 heavy (non-hydrogen) atoms. The number of nitrogens with one attached hydrogen (secondary N) is 1. The molecule has 0 saturated carbocycles. The Labute approximate surface area is 98.0 Å². The van der Waals surface area contributed by atoms with Gasteiger partial charge in [0.1, 0.15) is 5.82 Å². The Bertz CT molecular complexity index is 286. The van der Waals surface area contributed by atoms with E-state index in [1.165, 1.54) is 6.07 Å². The fourth-order valence-corrected chi connectivity index (χ4v) is 1.64. The lowest BCUT2D eigenvalue weighted by Gasteiger charge is -2.09. The third kappa shape index (κ3) is 4.18. The van der Waals surface area contributed by atoms with Gasteiger partial charge in [0.05, 0.1) is 12.3 Å². The van der Waals surface area contributed by atoms with Gasteiger partial charge in [-0.3, -0.25) is 0 Å². The molecule has 0 heterocycles. The highest BCUT2D eigenvalue weighted by Gasteiger charge is 2.04. The van der Waals surface area contributed by atoms with Crippen LogP contribution in [0.2, 0.25) is 0 Å². The zero-order valence-corrected chi connectivity index (χ0v) is 10.3. The monoisotopic (exact) mass is 275 g/mol. The first-order valence-electron chi connectivity index (χ1n) is 5.01. The van der Waals surface area contributed by atoms with Gasteiger partial charge in [0.25, 0.3) is 0 Å². The zero-order chi connectivity index (χ0) is 11.1. The van der Waals surface area contributed by atoms with Crippen LogP contribution in [0.3, 0.4) is 0 Å². The molecule has 0 aliphatic heterocycles. The molecule has 0 bridgehead atoms. The minimum atomic E-state index is -0.250. The second-order valence-corrected chi connectivity index (χ2v) is 3.99. The predicted molar refractivity (Wildman–Crippen MR) is 63.7 cm³/mol. The summed E-state index contributed by atoms with van der Waals surface area (Å²) in [5.74, 6) is -0.250. The molecule has 0 radical (unpaired) electrons. The van der Waals surface area contributed by atoms with Gasteiger partial charge in [-0.15, -0.1) is 0 Å². The van der Waals surface area contributed by atoms with Crippen molar-refractivity contribution in [1.29, 1.82) is 0 Å². The molecule has 1 aromatic rings. The van der Waals surface area contributed by atoms with E-state index in [4.69, 9.17) is 4.74 Å². The number of para-hydroxylation sites is 1. The zero-order valence-electron chi connectivity index (χ0n) is 8.72. The lowest BCUT2D eigenvalue weighted by Crippen LogP contribution is -2.11. The molecule has 1 rings (SSSR count). The van der Waals surface area contributed by atoms with Crippen LogP contribution in [0.5, 0.6) is 0 Å². The summed E-state index contributed by atoms with van der Waals surface area (Å²) in [6, 6.07) is 4.90. The second kappa shape index (κ2) is 6.80. The van der Waals surface area contributed by atoms with Crippen molar-refractivity contribution in [3.05, 3.63) is 28.5 Å². The van der Waals surface area contributed by atoms with Gasteiger partial charge < -0.3 is 10.1 Å². The fraction of sp³-hybridized carbons (Fsp3) is 0.455. The molecule has 0 saturated heterocycles. The SMILES string of the molecule is CCCOCCNc1c(F)cccc1Br. The quantitative estimate of drug-likeness (QED) is 0.804. The van der Waals surface area contributed by atoms with Crippen molar-refractivity contribution in [3.63, 3.8) is 0 Å². The molecule has 0 aromatic heterocycles. The molecule has 1 aromatic carbocycles. The Morgan fingerprint density at radius 3 is 2.87 bits per heavy atom. The standard InChI is InChI=1S/C11H15BrFNO/c1-2-7-15-8-6-14-11-9(12)4-3-5-10(11)13/h3-5,14H,2,6-8H2,1H3. The van der Waals surface area contributed by atoms with Gasteiger partial charge in [-0.1, -0.05) is 13.0 Å². The summed E-state index contributed by atoms with van der Waals surface area (Å²) < 4.78 is 19.3. The average Bonchev–Trinajstić information content (AvgIpc) is 2.21. The maximum atomic E-state index is 13.3. The minimum Gasteiger partial charge on any atom is -0.380 e. The van der Waals surface area contributed by atoms with Gasteiger partial charge in [-0.05, 0) is 34.5 Å². The summed E-state index contributed by atoms with van der Waals surface area (Å²) in [6.07, 6.45) is 1.00. The molecular weight excluding hydrogens is 261 g/mol. The van der Waals surface area contributed by atoms with Crippen molar-refractivity contribution >= 4 is 21.6 Å². The first-order valence-corrected chi connectivity index (χ1v) is 5.80.